The number of hydrogen-bond donors (Lipinski definition) is 2. The first-order valence-corrected chi connectivity index (χ1v) is 13.0. The molecule has 204 valence electrons. The van der Waals surface area contributed by atoms with Crippen molar-refractivity contribution in [1.82, 2.24) is 14.8 Å². The number of aromatic nitrogens is 1. The van der Waals surface area contributed by atoms with Crippen LogP contribution in [0.2, 0.25) is 0 Å². The Hall–Kier alpha value is -3.35. The van der Waals surface area contributed by atoms with Gasteiger partial charge in [-0.1, -0.05) is 29.8 Å². The van der Waals surface area contributed by atoms with E-state index in [0.717, 1.165) is 23.5 Å². The predicted octanol–water partition coefficient (Wildman–Crippen LogP) is 4.04. The molecule has 1 aromatic heterocycles. The molecular weight excluding hydrogens is 568 g/mol. The Labute approximate surface area is 225 Å². The molecule has 0 unspecified atom stereocenters. The van der Waals surface area contributed by atoms with E-state index in [4.69, 9.17) is 0 Å². The van der Waals surface area contributed by atoms with Crippen LogP contribution in [0.1, 0.15) is 46.7 Å². The van der Waals surface area contributed by atoms with Crippen LogP contribution in [0.5, 0.6) is 0 Å². The second kappa shape index (κ2) is 10.4. The summed E-state index contributed by atoms with van der Waals surface area (Å²) in [5, 5.41) is 14.5. The van der Waals surface area contributed by atoms with E-state index in [0.29, 0.717) is 18.8 Å². The molecule has 0 radical (unpaired) electrons. The van der Waals surface area contributed by atoms with E-state index in [-0.39, 0.29) is 33.1 Å². The number of piperidine rings is 1. The maximum absolute atomic E-state index is 15.2. The van der Waals surface area contributed by atoms with Crippen molar-refractivity contribution in [3.8, 4) is 0 Å². The van der Waals surface area contributed by atoms with Gasteiger partial charge in [-0.15, -0.1) is 0 Å². The number of benzene rings is 1. The summed E-state index contributed by atoms with van der Waals surface area (Å²) >= 11 is 3.20. The van der Waals surface area contributed by atoms with Crippen molar-refractivity contribution in [1.29, 1.82) is 0 Å². The van der Waals surface area contributed by atoms with E-state index < -0.39 is 53.0 Å². The van der Waals surface area contributed by atoms with Gasteiger partial charge in [0.25, 0.3) is 23.4 Å². The highest BCUT2D eigenvalue weighted by atomic mass is 79.9. The number of nitrogens with one attached hydrogen (secondary N) is 2. The molecule has 0 spiro atoms. The second-order valence-corrected chi connectivity index (χ2v) is 11.2. The topological polar surface area (TPSA) is 129 Å². The second-order valence-electron chi connectivity index (χ2n) is 10.3. The number of H-pyrrole nitrogens is 1. The Balaban J connectivity index is 1.67. The number of rotatable bonds is 5. The highest BCUT2D eigenvalue weighted by Crippen LogP contribution is 2.38. The van der Waals surface area contributed by atoms with Crippen molar-refractivity contribution >= 4 is 39.1 Å². The molecule has 0 bridgehead atoms. The van der Waals surface area contributed by atoms with E-state index in [9.17, 15) is 24.5 Å². The Bertz CT molecular complexity index is 1340. The fourth-order valence-corrected chi connectivity index (χ4v) is 5.75. The number of hydrogen-bond acceptors (Lipinski definition) is 6. The highest BCUT2D eigenvalue weighted by Gasteiger charge is 2.51. The standard InChI is InChI=1S/C25H28BrF2N5O5/c1-13-4-14(2)10-31(9-13)24(36)18-7-17(26)8-19(33(37)38)22(18)30-20-11-32(12-25(20,27)28)23(35)16-5-15(3)29-21(34)6-16/h5-8,13-14,20,30H,4,9-12H2,1-3H3,(H,29,34)/t13-,14+,20-/m0/s1. The molecule has 38 heavy (non-hydrogen) atoms. The Morgan fingerprint density at radius 3 is 2.37 bits per heavy atom. The Morgan fingerprint density at radius 1 is 1.11 bits per heavy atom. The molecular formula is C25H28BrF2N5O5. The summed E-state index contributed by atoms with van der Waals surface area (Å²) in [6, 6.07) is 3.25. The maximum atomic E-state index is 15.2. The van der Waals surface area contributed by atoms with Crippen LogP contribution in [0.4, 0.5) is 20.2 Å². The van der Waals surface area contributed by atoms with Gasteiger partial charge in [-0.3, -0.25) is 24.5 Å². The van der Waals surface area contributed by atoms with Crippen LogP contribution in [0.15, 0.2) is 33.5 Å². The van der Waals surface area contributed by atoms with Crippen LogP contribution >= 0.6 is 15.9 Å². The molecule has 2 saturated heterocycles. The molecule has 13 heteroatoms. The van der Waals surface area contributed by atoms with Gasteiger partial charge in [-0.2, -0.15) is 0 Å². The summed E-state index contributed by atoms with van der Waals surface area (Å²) in [5.41, 5.74) is -1.13. The summed E-state index contributed by atoms with van der Waals surface area (Å²) < 4.78 is 30.6. The third-order valence-corrected chi connectivity index (χ3v) is 7.27. The fourth-order valence-electron chi connectivity index (χ4n) is 5.31. The summed E-state index contributed by atoms with van der Waals surface area (Å²) in [6.45, 7) is 5.02. The quantitative estimate of drug-likeness (QED) is 0.396. The van der Waals surface area contributed by atoms with Gasteiger partial charge in [0.1, 0.15) is 11.7 Å². The number of aryl methyl sites for hydroxylation is 1. The predicted molar refractivity (Wildman–Crippen MR) is 140 cm³/mol. The Kier molecular flexibility index (Phi) is 7.60. The van der Waals surface area contributed by atoms with Crippen LogP contribution in [0, 0.1) is 28.9 Å². The number of halogens is 3. The van der Waals surface area contributed by atoms with Crippen LogP contribution in [-0.2, 0) is 0 Å². The minimum absolute atomic E-state index is 0.0403. The molecule has 4 rings (SSSR count). The maximum Gasteiger partial charge on any atom is 0.294 e. The number of carbonyl (C=O) groups is 2. The van der Waals surface area contributed by atoms with Gasteiger partial charge >= 0.3 is 0 Å². The summed E-state index contributed by atoms with van der Waals surface area (Å²) in [7, 11) is 0. The minimum atomic E-state index is -3.47. The lowest BCUT2D eigenvalue weighted by atomic mass is 9.91. The van der Waals surface area contributed by atoms with Crippen molar-refractivity contribution in [2.75, 3.05) is 31.5 Å². The molecule has 2 aromatic rings. The van der Waals surface area contributed by atoms with Crippen molar-refractivity contribution < 1.29 is 23.3 Å². The van der Waals surface area contributed by atoms with Gasteiger partial charge in [-0.25, -0.2) is 8.78 Å². The molecule has 2 aliphatic rings. The minimum Gasteiger partial charge on any atom is -0.369 e. The van der Waals surface area contributed by atoms with Crippen molar-refractivity contribution in [2.45, 2.75) is 39.2 Å². The first-order chi connectivity index (χ1) is 17.7. The van der Waals surface area contributed by atoms with E-state index in [2.05, 4.69) is 26.2 Å². The molecule has 0 aliphatic carbocycles. The highest BCUT2D eigenvalue weighted by molar-refractivity contribution is 9.10. The van der Waals surface area contributed by atoms with E-state index in [1.54, 1.807) is 11.8 Å². The number of nitrogens with zero attached hydrogens (tertiary/aromatic N) is 3. The number of amides is 2. The van der Waals surface area contributed by atoms with E-state index in [1.165, 1.54) is 12.1 Å². The summed E-state index contributed by atoms with van der Waals surface area (Å²) in [6.07, 6.45) is 0.929. The summed E-state index contributed by atoms with van der Waals surface area (Å²) in [5.74, 6) is -4.30. The molecule has 2 fully saturated rings. The molecule has 3 atom stereocenters. The van der Waals surface area contributed by atoms with E-state index in [1.807, 2.05) is 13.8 Å². The van der Waals surface area contributed by atoms with E-state index >= 15 is 8.78 Å². The van der Waals surface area contributed by atoms with Crippen molar-refractivity contribution in [2.24, 2.45) is 11.8 Å². The smallest absolute Gasteiger partial charge is 0.294 e. The third-order valence-electron chi connectivity index (χ3n) is 6.81. The lowest BCUT2D eigenvalue weighted by molar-refractivity contribution is -0.384. The number of aromatic amines is 1. The molecule has 3 heterocycles. The normalized spacial score (nSPS) is 22.8. The lowest BCUT2D eigenvalue weighted by Gasteiger charge is -2.35. The van der Waals surface area contributed by atoms with Crippen LogP contribution < -0.4 is 10.9 Å². The monoisotopic (exact) mass is 595 g/mol. The first-order valence-electron chi connectivity index (χ1n) is 12.2. The Morgan fingerprint density at radius 2 is 1.76 bits per heavy atom. The van der Waals surface area contributed by atoms with Gasteiger partial charge in [0, 0.05) is 47.5 Å². The van der Waals surface area contributed by atoms with Crippen LogP contribution in [0.25, 0.3) is 0 Å². The van der Waals surface area contributed by atoms with Crippen molar-refractivity contribution in [3.05, 3.63) is 66.0 Å². The molecule has 2 N–H and O–H groups in total. The number of carbonyl (C=O) groups excluding carboxylic acids is 2. The van der Waals surface area contributed by atoms with Gasteiger partial charge in [0.15, 0.2) is 0 Å². The molecule has 2 aliphatic heterocycles. The number of nitro benzene ring substituents is 1. The van der Waals surface area contributed by atoms with Gasteiger partial charge in [-0.05, 0) is 37.3 Å². The van der Waals surface area contributed by atoms with Gasteiger partial charge in [0.2, 0.25) is 5.56 Å². The average molecular weight is 596 g/mol. The zero-order chi connectivity index (χ0) is 27.9. The van der Waals surface area contributed by atoms with Gasteiger partial charge < -0.3 is 20.1 Å². The number of nitro groups is 1. The van der Waals surface area contributed by atoms with Crippen LogP contribution in [0.3, 0.4) is 0 Å². The molecule has 10 nitrogen and oxygen atoms in total. The lowest BCUT2D eigenvalue weighted by Crippen LogP contribution is -2.43. The SMILES string of the molecule is Cc1cc(C(=O)N2C[C@H](Nc3c(C(=O)N4C[C@H](C)C[C@H](C)C4)cc(Br)cc3[N+](=O)[O-])C(F)(F)C2)cc(=O)[nH]1. The largest absolute Gasteiger partial charge is 0.369 e. The average Bonchev–Trinajstić information content (AvgIpc) is 3.11. The zero-order valence-corrected chi connectivity index (χ0v) is 22.7. The zero-order valence-electron chi connectivity index (χ0n) is 21.1. The number of alkyl halides is 2. The fraction of sp³-hybridized carbons (Fsp3) is 0.480. The third kappa shape index (κ3) is 5.71. The van der Waals surface area contributed by atoms with Crippen LogP contribution in [-0.4, -0.2) is 69.7 Å². The molecule has 2 amide bonds. The first kappa shape index (κ1) is 27.7. The van der Waals surface area contributed by atoms with Gasteiger partial charge in [0.05, 0.1) is 17.0 Å². The summed E-state index contributed by atoms with van der Waals surface area (Å²) in [4.78, 5) is 54.4. The number of likely N-dealkylation sites (tertiary alicyclic amines) is 2. The molecule has 1 aromatic carbocycles. The number of anilines is 1. The van der Waals surface area contributed by atoms with Crippen molar-refractivity contribution in [3.63, 3.8) is 0 Å². The molecule has 0 saturated carbocycles. The number of pyridine rings is 1.